The lowest BCUT2D eigenvalue weighted by atomic mass is 10.1. The summed E-state index contributed by atoms with van der Waals surface area (Å²) in [5, 5.41) is 3.22. The van der Waals surface area contributed by atoms with E-state index in [1.54, 1.807) is 6.20 Å². The van der Waals surface area contributed by atoms with Crippen LogP contribution < -0.4 is 5.32 Å². The molecule has 2 aromatic rings. The van der Waals surface area contributed by atoms with Gasteiger partial charge in [0.05, 0.1) is 5.38 Å². The van der Waals surface area contributed by atoms with Gasteiger partial charge in [-0.3, -0.25) is 0 Å². The number of nitrogens with zero attached hydrogens (tertiary/aromatic N) is 2. The summed E-state index contributed by atoms with van der Waals surface area (Å²) in [5.41, 5.74) is 2.04. The van der Waals surface area contributed by atoms with Gasteiger partial charge in [-0.25, -0.2) is 9.97 Å². The molecule has 3 nitrogen and oxygen atoms in total. The van der Waals surface area contributed by atoms with Crippen LogP contribution in [-0.2, 0) is 0 Å². The molecule has 17 heavy (non-hydrogen) atoms. The van der Waals surface area contributed by atoms with E-state index in [4.69, 9.17) is 11.6 Å². The maximum Gasteiger partial charge on any atom is 0.134 e. The molecule has 1 heterocycles. The molecule has 2 rings (SSSR count). The molecule has 0 fully saturated rings. The molecule has 0 amide bonds. The first-order valence-corrected chi connectivity index (χ1v) is 5.90. The molecule has 0 saturated heterocycles. The highest BCUT2D eigenvalue weighted by atomic mass is 35.5. The fourth-order valence-electron chi connectivity index (χ4n) is 1.62. The Morgan fingerprint density at radius 1 is 1.24 bits per heavy atom. The van der Waals surface area contributed by atoms with E-state index in [1.807, 2.05) is 44.2 Å². The van der Waals surface area contributed by atoms with Gasteiger partial charge in [0.15, 0.2) is 0 Å². The zero-order valence-corrected chi connectivity index (χ0v) is 10.6. The van der Waals surface area contributed by atoms with Crippen molar-refractivity contribution in [3.8, 4) is 0 Å². The molecule has 0 radical (unpaired) electrons. The summed E-state index contributed by atoms with van der Waals surface area (Å²) in [5.74, 6) is 1.52. The Labute approximate surface area is 106 Å². The topological polar surface area (TPSA) is 37.8 Å². The SMILES string of the molecule is Cc1nccc(Nc2ccccc2C(C)Cl)n1. The van der Waals surface area contributed by atoms with Crippen molar-refractivity contribution in [1.82, 2.24) is 9.97 Å². The number of nitrogens with one attached hydrogen (secondary N) is 1. The van der Waals surface area contributed by atoms with E-state index in [-0.39, 0.29) is 5.38 Å². The summed E-state index contributed by atoms with van der Waals surface area (Å²) in [7, 11) is 0. The summed E-state index contributed by atoms with van der Waals surface area (Å²) in [6.07, 6.45) is 1.73. The van der Waals surface area contributed by atoms with E-state index in [0.29, 0.717) is 0 Å². The van der Waals surface area contributed by atoms with E-state index in [9.17, 15) is 0 Å². The van der Waals surface area contributed by atoms with Crippen LogP contribution in [0.25, 0.3) is 0 Å². The molecule has 0 saturated carbocycles. The van der Waals surface area contributed by atoms with Gasteiger partial charge in [-0.2, -0.15) is 0 Å². The van der Waals surface area contributed by atoms with E-state index >= 15 is 0 Å². The number of aromatic nitrogens is 2. The number of para-hydroxylation sites is 1. The van der Waals surface area contributed by atoms with Crippen molar-refractivity contribution < 1.29 is 0 Å². The van der Waals surface area contributed by atoms with Crippen LogP contribution in [0.15, 0.2) is 36.5 Å². The number of halogens is 1. The Morgan fingerprint density at radius 2 is 2.00 bits per heavy atom. The van der Waals surface area contributed by atoms with Crippen molar-refractivity contribution in [2.45, 2.75) is 19.2 Å². The third-order valence-electron chi connectivity index (χ3n) is 2.43. The van der Waals surface area contributed by atoms with Crippen LogP contribution >= 0.6 is 11.6 Å². The number of hydrogen-bond acceptors (Lipinski definition) is 3. The molecule has 1 aromatic carbocycles. The van der Waals surface area contributed by atoms with Crippen molar-refractivity contribution in [1.29, 1.82) is 0 Å². The normalized spacial score (nSPS) is 12.2. The van der Waals surface area contributed by atoms with Gasteiger partial charge in [-0.05, 0) is 31.5 Å². The predicted octanol–water partition coefficient (Wildman–Crippen LogP) is 3.83. The van der Waals surface area contributed by atoms with Crippen molar-refractivity contribution in [2.75, 3.05) is 5.32 Å². The zero-order chi connectivity index (χ0) is 12.3. The van der Waals surface area contributed by atoms with Crippen LogP contribution in [0.1, 0.15) is 23.7 Å². The molecular weight excluding hydrogens is 234 g/mol. The van der Waals surface area contributed by atoms with E-state index in [1.165, 1.54) is 0 Å². The predicted molar refractivity (Wildman–Crippen MR) is 70.8 cm³/mol. The molecule has 1 aromatic heterocycles. The lowest BCUT2D eigenvalue weighted by Gasteiger charge is -2.12. The molecule has 88 valence electrons. The van der Waals surface area contributed by atoms with Gasteiger partial charge in [-0.15, -0.1) is 11.6 Å². The first kappa shape index (κ1) is 11.9. The highest BCUT2D eigenvalue weighted by Crippen LogP contribution is 2.28. The van der Waals surface area contributed by atoms with Gasteiger partial charge in [0, 0.05) is 11.9 Å². The molecule has 1 atom stereocenters. The minimum absolute atomic E-state index is 0.0402. The molecule has 4 heteroatoms. The summed E-state index contributed by atoms with van der Waals surface area (Å²) in [6, 6.07) is 9.78. The number of aryl methyl sites for hydroxylation is 1. The standard InChI is InChI=1S/C13H14ClN3/c1-9(14)11-5-3-4-6-12(11)17-13-7-8-15-10(2)16-13/h3-9H,1-2H3,(H,15,16,17). The van der Waals surface area contributed by atoms with E-state index < -0.39 is 0 Å². The second kappa shape index (κ2) is 5.15. The Morgan fingerprint density at radius 3 is 2.71 bits per heavy atom. The van der Waals surface area contributed by atoms with Crippen molar-refractivity contribution in [3.63, 3.8) is 0 Å². The van der Waals surface area contributed by atoms with Crippen LogP contribution in [0.2, 0.25) is 0 Å². The molecule has 0 aliphatic rings. The summed E-state index contributed by atoms with van der Waals surface area (Å²) in [6.45, 7) is 3.81. The molecule has 1 N–H and O–H groups in total. The first-order chi connectivity index (χ1) is 8.16. The Balaban J connectivity index is 2.30. The lowest BCUT2D eigenvalue weighted by Crippen LogP contribution is -1.99. The average Bonchev–Trinajstić information content (AvgIpc) is 2.29. The third-order valence-corrected chi connectivity index (χ3v) is 2.66. The highest BCUT2D eigenvalue weighted by Gasteiger charge is 2.07. The minimum atomic E-state index is -0.0402. The van der Waals surface area contributed by atoms with E-state index in [2.05, 4.69) is 15.3 Å². The Hall–Kier alpha value is -1.61. The molecule has 0 bridgehead atoms. The number of alkyl halides is 1. The number of hydrogen-bond donors (Lipinski definition) is 1. The van der Waals surface area contributed by atoms with Crippen LogP contribution in [0.5, 0.6) is 0 Å². The second-order valence-electron chi connectivity index (χ2n) is 3.82. The third kappa shape index (κ3) is 2.94. The van der Waals surface area contributed by atoms with Gasteiger partial charge in [0.2, 0.25) is 0 Å². The van der Waals surface area contributed by atoms with Crippen LogP contribution in [-0.4, -0.2) is 9.97 Å². The smallest absolute Gasteiger partial charge is 0.134 e. The Bertz CT molecular complexity index is 512. The zero-order valence-electron chi connectivity index (χ0n) is 9.81. The van der Waals surface area contributed by atoms with Gasteiger partial charge in [0.25, 0.3) is 0 Å². The Kier molecular flexibility index (Phi) is 3.59. The molecule has 0 aliphatic carbocycles. The largest absolute Gasteiger partial charge is 0.340 e. The minimum Gasteiger partial charge on any atom is -0.340 e. The quantitative estimate of drug-likeness (QED) is 0.838. The fourth-order valence-corrected chi connectivity index (χ4v) is 1.81. The number of rotatable bonds is 3. The summed E-state index contributed by atoms with van der Waals surface area (Å²) >= 11 is 6.13. The van der Waals surface area contributed by atoms with Gasteiger partial charge < -0.3 is 5.32 Å². The van der Waals surface area contributed by atoms with Crippen LogP contribution in [0.4, 0.5) is 11.5 Å². The van der Waals surface area contributed by atoms with Crippen molar-refractivity contribution >= 4 is 23.1 Å². The van der Waals surface area contributed by atoms with Gasteiger partial charge >= 0.3 is 0 Å². The maximum atomic E-state index is 6.13. The fraction of sp³-hybridized carbons (Fsp3) is 0.231. The maximum absolute atomic E-state index is 6.13. The van der Waals surface area contributed by atoms with Crippen LogP contribution in [0.3, 0.4) is 0 Å². The van der Waals surface area contributed by atoms with Crippen molar-refractivity contribution in [2.24, 2.45) is 0 Å². The van der Waals surface area contributed by atoms with Crippen LogP contribution in [0, 0.1) is 6.92 Å². The van der Waals surface area contributed by atoms with Crippen molar-refractivity contribution in [3.05, 3.63) is 47.9 Å². The summed E-state index contributed by atoms with van der Waals surface area (Å²) < 4.78 is 0. The van der Waals surface area contributed by atoms with E-state index in [0.717, 1.165) is 22.9 Å². The monoisotopic (exact) mass is 247 g/mol. The molecule has 0 aliphatic heterocycles. The molecule has 1 unspecified atom stereocenters. The lowest BCUT2D eigenvalue weighted by molar-refractivity contribution is 1.05. The van der Waals surface area contributed by atoms with Gasteiger partial charge in [0.1, 0.15) is 11.6 Å². The van der Waals surface area contributed by atoms with Gasteiger partial charge in [-0.1, -0.05) is 18.2 Å². The number of anilines is 2. The first-order valence-electron chi connectivity index (χ1n) is 5.46. The average molecular weight is 248 g/mol. The number of benzene rings is 1. The highest BCUT2D eigenvalue weighted by molar-refractivity contribution is 6.21. The summed E-state index contributed by atoms with van der Waals surface area (Å²) in [4.78, 5) is 8.37. The molecule has 0 spiro atoms. The second-order valence-corrected chi connectivity index (χ2v) is 4.47. The molecular formula is C13H14ClN3.